The molecule has 0 N–H and O–H groups in total. The molecule has 0 aromatic carbocycles. The second-order valence-corrected chi connectivity index (χ2v) is 4.16. The van der Waals surface area contributed by atoms with E-state index in [2.05, 4.69) is 15.2 Å². The molecule has 6 heteroatoms. The van der Waals surface area contributed by atoms with Crippen LogP contribution >= 0.6 is 22.9 Å². The molecule has 0 amide bonds. The Labute approximate surface area is 96.5 Å². The van der Waals surface area contributed by atoms with E-state index >= 15 is 0 Å². The van der Waals surface area contributed by atoms with Gasteiger partial charge in [-0.25, -0.2) is 4.98 Å². The molecule has 0 atom stereocenters. The molecule has 2 heterocycles. The van der Waals surface area contributed by atoms with Crippen LogP contribution in [0.3, 0.4) is 0 Å². The van der Waals surface area contributed by atoms with Crippen LogP contribution in [0.1, 0.15) is 5.69 Å². The van der Waals surface area contributed by atoms with Crippen LogP contribution in [0.5, 0.6) is 0 Å². The Morgan fingerprint density at radius 2 is 2.27 bits per heavy atom. The molecule has 0 unspecified atom stereocenters. The molecule has 0 aliphatic rings. The van der Waals surface area contributed by atoms with Crippen molar-refractivity contribution < 1.29 is 0 Å². The average Bonchev–Trinajstić information content (AvgIpc) is 2.71. The van der Waals surface area contributed by atoms with E-state index in [1.165, 1.54) is 0 Å². The van der Waals surface area contributed by atoms with Crippen molar-refractivity contribution in [1.29, 1.82) is 0 Å². The molecule has 78 valence electrons. The summed E-state index contributed by atoms with van der Waals surface area (Å²) in [5, 5.41) is 10.2. The second kappa shape index (κ2) is 4.55. The van der Waals surface area contributed by atoms with Crippen molar-refractivity contribution in [3.63, 3.8) is 0 Å². The quantitative estimate of drug-likeness (QED) is 0.825. The van der Waals surface area contributed by atoms with Crippen molar-refractivity contribution in [1.82, 2.24) is 15.2 Å². The van der Waals surface area contributed by atoms with Crippen molar-refractivity contribution in [2.45, 2.75) is 6.54 Å². The highest BCUT2D eigenvalue weighted by Gasteiger charge is 2.05. The Bertz CT molecular complexity index is 414. The first-order valence-electron chi connectivity index (χ1n) is 4.33. The van der Waals surface area contributed by atoms with Crippen molar-refractivity contribution >= 4 is 28.8 Å². The van der Waals surface area contributed by atoms with Gasteiger partial charge in [0.25, 0.3) is 0 Å². The van der Waals surface area contributed by atoms with Gasteiger partial charge in [0.1, 0.15) is 0 Å². The predicted octanol–water partition coefficient (Wildman–Crippen LogP) is 2.22. The standard InChI is InChI=1S/C9H9ClN4S/c1-14(4-7-5-15-6-11-7)9-3-2-8(10)12-13-9/h2-3,5-6H,4H2,1H3. The van der Waals surface area contributed by atoms with E-state index in [-0.39, 0.29) is 0 Å². The highest BCUT2D eigenvalue weighted by atomic mass is 35.5. The van der Waals surface area contributed by atoms with Crippen molar-refractivity contribution in [2.75, 3.05) is 11.9 Å². The van der Waals surface area contributed by atoms with Crippen LogP contribution in [-0.2, 0) is 6.54 Å². The molecular weight excluding hydrogens is 232 g/mol. The Morgan fingerprint density at radius 3 is 2.87 bits per heavy atom. The Hall–Kier alpha value is -1.20. The summed E-state index contributed by atoms with van der Waals surface area (Å²) >= 11 is 7.24. The summed E-state index contributed by atoms with van der Waals surface area (Å²) in [5.41, 5.74) is 2.84. The summed E-state index contributed by atoms with van der Waals surface area (Å²) in [6.45, 7) is 0.722. The van der Waals surface area contributed by atoms with Gasteiger partial charge in [-0.3, -0.25) is 0 Å². The molecular formula is C9H9ClN4S. The highest BCUT2D eigenvalue weighted by molar-refractivity contribution is 7.07. The zero-order valence-electron chi connectivity index (χ0n) is 8.09. The van der Waals surface area contributed by atoms with E-state index in [0.29, 0.717) is 5.15 Å². The lowest BCUT2D eigenvalue weighted by Gasteiger charge is -2.15. The molecule has 0 radical (unpaired) electrons. The molecule has 2 aromatic rings. The molecule has 0 spiro atoms. The minimum atomic E-state index is 0.404. The number of halogens is 1. The number of hydrogen-bond acceptors (Lipinski definition) is 5. The van der Waals surface area contributed by atoms with Gasteiger partial charge in [-0.15, -0.1) is 21.5 Å². The number of hydrogen-bond donors (Lipinski definition) is 0. The third-order valence-electron chi connectivity index (χ3n) is 1.89. The Morgan fingerprint density at radius 1 is 1.40 bits per heavy atom. The fourth-order valence-electron chi connectivity index (χ4n) is 1.15. The molecule has 2 aromatic heterocycles. The SMILES string of the molecule is CN(Cc1cscn1)c1ccc(Cl)nn1. The second-order valence-electron chi connectivity index (χ2n) is 3.05. The summed E-state index contributed by atoms with van der Waals surface area (Å²) in [6.07, 6.45) is 0. The first-order valence-corrected chi connectivity index (χ1v) is 5.65. The van der Waals surface area contributed by atoms with Gasteiger partial charge < -0.3 is 4.90 Å². The molecule has 15 heavy (non-hydrogen) atoms. The van der Waals surface area contributed by atoms with E-state index in [1.54, 1.807) is 17.4 Å². The summed E-state index contributed by atoms with van der Waals surface area (Å²) in [7, 11) is 1.94. The maximum absolute atomic E-state index is 5.66. The zero-order chi connectivity index (χ0) is 10.7. The zero-order valence-corrected chi connectivity index (χ0v) is 9.66. The summed E-state index contributed by atoms with van der Waals surface area (Å²) < 4.78 is 0. The first-order chi connectivity index (χ1) is 7.25. The van der Waals surface area contributed by atoms with E-state index in [0.717, 1.165) is 18.1 Å². The van der Waals surface area contributed by atoms with Gasteiger partial charge in [0.05, 0.1) is 17.7 Å². The Kier molecular flexibility index (Phi) is 3.13. The maximum atomic E-state index is 5.66. The molecule has 2 rings (SSSR count). The lowest BCUT2D eigenvalue weighted by atomic mass is 10.4. The smallest absolute Gasteiger partial charge is 0.151 e. The third-order valence-corrected chi connectivity index (χ3v) is 2.73. The fourth-order valence-corrected chi connectivity index (χ4v) is 1.80. The largest absolute Gasteiger partial charge is 0.352 e. The monoisotopic (exact) mass is 240 g/mol. The van der Waals surface area contributed by atoms with Crippen LogP contribution in [0.2, 0.25) is 5.15 Å². The third kappa shape index (κ3) is 2.64. The topological polar surface area (TPSA) is 41.9 Å². The Balaban J connectivity index is 2.08. The lowest BCUT2D eigenvalue weighted by molar-refractivity contribution is 0.849. The molecule has 0 saturated carbocycles. The lowest BCUT2D eigenvalue weighted by Crippen LogP contribution is -2.18. The average molecular weight is 241 g/mol. The maximum Gasteiger partial charge on any atom is 0.151 e. The predicted molar refractivity (Wildman–Crippen MR) is 61.3 cm³/mol. The van der Waals surface area contributed by atoms with Gasteiger partial charge >= 0.3 is 0 Å². The number of anilines is 1. The fraction of sp³-hybridized carbons (Fsp3) is 0.222. The van der Waals surface area contributed by atoms with Crippen molar-refractivity contribution in [3.8, 4) is 0 Å². The van der Waals surface area contributed by atoms with Crippen molar-refractivity contribution in [3.05, 3.63) is 33.9 Å². The summed E-state index contributed by atoms with van der Waals surface area (Å²) in [4.78, 5) is 6.17. The van der Waals surface area contributed by atoms with E-state index in [4.69, 9.17) is 11.6 Å². The van der Waals surface area contributed by atoms with Crippen LogP contribution < -0.4 is 4.90 Å². The van der Waals surface area contributed by atoms with Gasteiger partial charge in [0.15, 0.2) is 11.0 Å². The van der Waals surface area contributed by atoms with Gasteiger partial charge in [-0.1, -0.05) is 11.6 Å². The minimum absolute atomic E-state index is 0.404. The van der Waals surface area contributed by atoms with Crippen LogP contribution in [0.25, 0.3) is 0 Å². The molecule has 0 aliphatic heterocycles. The molecule has 0 aliphatic carbocycles. The normalized spacial score (nSPS) is 10.3. The van der Waals surface area contributed by atoms with Gasteiger partial charge in [0.2, 0.25) is 0 Å². The molecule has 0 bridgehead atoms. The van der Waals surface area contributed by atoms with Gasteiger partial charge in [-0.2, -0.15) is 0 Å². The van der Waals surface area contributed by atoms with Gasteiger partial charge in [0, 0.05) is 12.4 Å². The minimum Gasteiger partial charge on any atom is -0.352 e. The first kappa shape index (κ1) is 10.3. The number of thiazole rings is 1. The molecule has 4 nitrogen and oxygen atoms in total. The number of aromatic nitrogens is 3. The van der Waals surface area contributed by atoms with Crippen LogP contribution in [0.4, 0.5) is 5.82 Å². The van der Waals surface area contributed by atoms with E-state index < -0.39 is 0 Å². The summed E-state index contributed by atoms with van der Waals surface area (Å²) in [6, 6.07) is 3.56. The highest BCUT2D eigenvalue weighted by Crippen LogP contribution is 2.13. The van der Waals surface area contributed by atoms with Crippen molar-refractivity contribution in [2.24, 2.45) is 0 Å². The van der Waals surface area contributed by atoms with Crippen LogP contribution in [-0.4, -0.2) is 22.2 Å². The molecule has 0 fully saturated rings. The van der Waals surface area contributed by atoms with E-state index in [9.17, 15) is 0 Å². The van der Waals surface area contributed by atoms with E-state index in [1.807, 2.05) is 28.9 Å². The summed E-state index contributed by atoms with van der Waals surface area (Å²) in [5.74, 6) is 0.785. The van der Waals surface area contributed by atoms with Crippen LogP contribution in [0.15, 0.2) is 23.0 Å². The number of rotatable bonds is 3. The molecule has 0 saturated heterocycles. The van der Waals surface area contributed by atoms with Crippen LogP contribution in [0, 0.1) is 0 Å². The van der Waals surface area contributed by atoms with Gasteiger partial charge in [-0.05, 0) is 12.1 Å². The number of nitrogens with zero attached hydrogens (tertiary/aromatic N) is 4.